The number of nitrogens with one attached hydrogen (secondary N) is 1. The topological polar surface area (TPSA) is 121 Å². The number of aromatic nitrogens is 1. The Kier molecular flexibility index (Phi) is 4.77. The van der Waals surface area contributed by atoms with E-state index in [4.69, 9.17) is 22.6 Å². The summed E-state index contributed by atoms with van der Waals surface area (Å²) in [7, 11) is 0. The van der Waals surface area contributed by atoms with Gasteiger partial charge in [0.1, 0.15) is 5.69 Å². The average Bonchev–Trinajstić information content (AvgIpc) is 2.45. The van der Waals surface area contributed by atoms with Crippen LogP contribution in [-0.2, 0) is 0 Å². The number of nitriles is 1. The normalized spacial score (nSPS) is 16.4. The first-order chi connectivity index (χ1) is 10.0. The molecule has 2 rings (SSSR count). The van der Waals surface area contributed by atoms with E-state index in [-0.39, 0.29) is 28.3 Å². The highest BCUT2D eigenvalue weighted by atomic mass is 35.5. The Labute approximate surface area is 126 Å². The van der Waals surface area contributed by atoms with Gasteiger partial charge in [0, 0.05) is 19.1 Å². The molecule has 1 aliphatic heterocycles. The van der Waals surface area contributed by atoms with Crippen LogP contribution in [0.4, 0.5) is 17.2 Å². The fourth-order valence-corrected chi connectivity index (χ4v) is 2.55. The summed E-state index contributed by atoms with van der Waals surface area (Å²) in [5, 5.41) is 23.1. The van der Waals surface area contributed by atoms with Gasteiger partial charge in [-0.25, -0.2) is 4.98 Å². The van der Waals surface area contributed by atoms with Crippen molar-refractivity contribution in [1.82, 2.24) is 9.88 Å². The third-order valence-electron chi connectivity index (χ3n) is 3.45. The molecule has 21 heavy (non-hydrogen) atoms. The highest BCUT2D eigenvalue weighted by molar-refractivity contribution is 6.33. The minimum absolute atomic E-state index is 0.0537. The van der Waals surface area contributed by atoms with E-state index >= 15 is 0 Å². The van der Waals surface area contributed by atoms with E-state index in [1.54, 1.807) is 0 Å². The first-order valence-electron chi connectivity index (χ1n) is 6.47. The Hall–Kier alpha value is -2.11. The van der Waals surface area contributed by atoms with Gasteiger partial charge in [-0.2, -0.15) is 5.26 Å². The van der Waals surface area contributed by atoms with Crippen LogP contribution in [0.15, 0.2) is 6.20 Å². The van der Waals surface area contributed by atoms with Crippen LogP contribution in [0.5, 0.6) is 0 Å². The minimum Gasteiger partial charge on any atom is -0.378 e. The van der Waals surface area contributed by atoms with E-state index in [0.29, 0.717) is 6.54 Å². The van der Waals surface area contributed by atoms with Gasteiger partial charge in [0.15, 0.2) is 0 Å². The molecule has 0 aliphatic carbocycles. The van der Waals surface area contributed by atoms with Gasteiger partial charge in [-0.1, -0.05) is 11.6 Å². The molecule has 1 aliphatic rings. The van der Waals surface area contributed by atoms with Gasteiger partial charge in [-0.3, -0.25) is 15.0 Å². The van der Waals surface area contributed by atoms with Crippen molar-refractivity contribution in [3.63, 3.8) is 0 Å². The molecule has 1 aromatic rings. The van der Waals surface area contributed by atoms with Gasteiger partial charge in [0.2, 0.25) is 5.82 Å². The summed E-state index contributed by atoms with van der Waals surface area (Å²) < 4.78 is 0. The van der Waals surface area contributed by atoms with Crippen LogP contribution in [-0.4, -0.2) is 40.5 Å². The number of halogens is 1. The number of rotatable bonds is 4. The fourth-order valence-electron chi connectivity index (χ4n) is 2.35. The maximum absolute atomic E-state index is 11.1. The molecule has 0 saturated carbocycles. The van der Waals surface area contributed by atoms with E-state index in [9.17, 15) is 10.1 Å². The van der Waals surface area contributed by atoms with Crippen molar-refractivity contribution < 1.29 is 4.92 Å². The Balaban J connectivity index is 2.12. The maximum atomic E-state index is 11.1. The van der Waals surface area contributed by atoms with E-state index in [2.05, 4.69) is 16.4 Å². The summed E-state index contributed by atoms with van der Waals surface area (Å²) in [6, 6.07) is 2.17. The van der Waals surface area contributed by atoms with Crippen LogP contribution < -0.4 is 11.1 Å². The first-order valence-corrected chi connectivity index (χ1v) is 6.85. The van der Waals surface area contributed by atoms with Crippen LogP contribution in [0.3, 0.4) is 0 Å². The van der Waals surface area contributed by atoms with Gasteiger partial charge in [0.05, 0.1) is 28.8 Å². The monoisotopic (exact) mass is 310 g/mol. The molecule has 1 fully saturated rings. The van der Waals surface area contributed by atoms with Crippen molar-refractivity contribution in [1.29, 1.82) is 5.26 Å². The van der Waals surface area contributed by atoms with E-state index in [0.717, 1.165) is 25.9 Å². The number of nitrogens with zero attached hydrogens (tertiary/aromatic N) is 4. The summed E-state index contributed by atoms with van der Waals surface area (Å²) in [5.74, 6) is -0.159. The summed E-state index contributed by atoms with van der Waals surface area (Å²) >= 11 is 6.00. The van der Waals surface area contributed by atoms with Crippen LogP contribution in [0, 0.1) is 21.4 Å². The number of pyridine rings is 1. The molecule has 2 heterocycles. The lowest BCUT2D eigenvalue weighted by atomic mass is 10.0. The fraction of sp³-hybridized carbons (Fsp3) is 0.500. The van der Waals surface area contributed by atoms with Gasteiger partial charge in [-0.05, 0) is 12.8 Å². The predicted molar refractivity (Wildman–Crippen MR) is 79.0 cm³/mol. The van der Waals surface area contributed by atoms with Gasteiger partial charge >= 0.3 is 5.69 Å². The molecule has 0 unspecified atom stereocenters. The smallest absolute Gasteiger partial charge is 0.335 e. The van der Waals surface area contributed by atoms with Crippen LogP contribution in [0.25, 0.3) is 0 Å². The molecule has 9 heteroatoms. The highest BCUT2D eigenvalue weighted by Gasteiger charge is 2.26. The molecule has 112 valence electrons. The Morgan fingerprint density at radius 2 is 2.29 bits per heavy atom. The standard InChI is InChI=1S/C12H15ClN6O2/c13-9-7-16-12(15)11(19(20)21)10(9)17-8-1-4-18(5-2-8)6-3-14/h7-8H,1-2,4-6H2,(H3,15,16,17). The lowest BCUT2D eigenvalue weighted by Gasteiger charge is -2.31. The van der Waals surface area contributed by atoms with Crippen LogP contribution >= 0.6 is 11.6 Å². The van der Waals surface area contributed by atoms with Gasteiger partial charge in [0.25, 0.3) is 0 Å². The largest absolute Gasteiger partial charge is 0.378 e. The zero-order chi connectivity index (χ0) is 15.4. The number of likely N-dealkylation sites (tertiary alicyclic amines) is 1. The Morgan fingerprint density at radius 1 is 1.62 bits per heavy atom. The summed E-state index contributed by atoms with van der Waals surface area (Å²) in [5.41, 5.74) is 5.49. The second-order valence-corrected chi connectivity index (χ2v) is 5.23. The van der Waals surface area contributed by atoms with Crippen molar-refractivity contribution in [2.75, 3.05) is 30.7 Å². The summed E-state index contributed by atoms with van der Waals surface area (Å²) in [6.07, 6.45) is 2.85. The zero-order valence-corrected chi connectivity index (χ0v) is 12.0. The molecule has 0 amide bonds. The van der Waals surface area contributed by atoms with Crippen LogP contribution in [0.1, 0.15) is 12.8 Å². The SMILES string of the molecule is N#CCN1CCC(Nc2c(Cl)cnc(N)c2[N+](=O)[O-])CC1. The lowest BCUT2D eigenvalue weighted by molar-refractivity contribution is -0.383. The number of hydrogen-bond acceptors (Lipinski definition) is 7. The third kappa shape index (κ3) is 3.51. The molecular formula is C12H15ClN6O2. The number of piperidine rings is 1. The first kappa shape index (κ1) is 15.3. The second-order valence-electron chi connectivity index (χ2n) is 4.82. The predicted octanol–water partition coefficient (Wildman–Crippen LogP) is 1.63. The molecule has 1 aromatic heterocycles. The zero-order valence-electron chi connectivity index (χ0n) is 11.3. The van der Waals surface area contributed by atoms with Gasteiger partial charge in [-0.15, -0.1) is 0 Å². The Bertz CT molecular complexity index is 580. The quantitative estimate of drug-likeness (QED) is 0.492. The van der Waals surface area contributed by atoms with E-state index < -0.39 is 4.92 Å². The van der Waals surface area contributed by atoms with Crippen molar-refractivity contribution >= 4 is 28.8 Å². The Morgan fingerprint density at radius 3 is 2.86 bits per heavy atom. The number of nitrogen functional groups attached to an aromatic ring is 1. The van der Waals surface area contributed by atoms with Crippen molar-refractivity contribution in [2.24, 2.45) is 0 Å². The van der Waals surface area contributed by atoms with Gasteiger partial charge < -0.3 is 11.1 Å². The van der Waals surface area contributed by atoms with Crippen molar-refractivity contribution in [3.8, 4) is 6.07 Å². The lowest BCUT2D eigenvalue weighted by Crippen LogP contribution is -2.39. The number of nitrogens with two attached hydrogens (primary N) is 1. The molecule has 3 N–H and O–H groups in total. The summed E-state index contributed by atoms with van der Waals surface area (Å²) in [4.78, 5) is 16.3. The molecular weight excluding hydrogens is 296 g/mol. The molecule has 8 nitrogen and oxygen atoms in total. The maximum Gasteiger partial charge on any atom is 0.335 e. The molecule has 0 atom stereocenters. The number of nitro groups is 1. The second kappa shape index (κ2) is 6.56. The summed E-state index contributed by atoms with van der Waals surface area (Å²) in [6.45, 7) is 1.92. The van der Waals surface area contributed by atoms with E-state index in [1.165, 1.54) is 6.20 Å². The average molecular weight is 311 g/mol. The molecule has 0 bridgehead atoms. The van der Waals surface area contributed by atoms with Crippen molar-refractivity contribution in [2.45, 2.75) is 18.9 Å². The highest BCUT2D eigenvalue weighted by Crippen LogP contribution is 2.36. The molecule has 0 aromatic carbocycles. The number of anilines is 2. The minimum atomic E-state index is -0.582. The third-order valence-corrected chi connectivity index (χ3v) is 3.73. The van der Waals surface area contributed by atoms with Crippen molar-refractivity contribution in [3.05, 3.63) is 21.3 Å². The molecule has 1 saturated heterocycles. The number of hydrogen-bond donors (Lipinski definition) is 2. The molecule has 0 radical (unpaired) electrons. The van der Waals surface area contributed by atoms with E-state index in [1.807, 2.05) is 4.90 Å². The molecule has 0 spiro atoms. The van der Waals surface area contributed by atoms with Crippen LogP contribution in [0.2, 0.25) is 5.02 Å².